The van der Waals surface area contributed by atoms with E-state index in [2.05, 4.69) is 4.98 Å². The Bertz CT molecular complexity index is 586. The number of benzene rings is 1. The minimum atomic E-state index is 0.417. The van der Waals surface area contributed by atoms with Crippen molar-refractivity contribution in [3.8, 4) is 0 Å². The van der Waals surface area contributed by atoms with Crippen molar-refractivity contribution in [2.24, 2.45) is 5.73 Å². The molecule has 0 aliphatic rings. The number of methoxy groups -OCH3 is 1. The van der Waals surface area contributed by atoms with Crippen LogP contribution < -0.4 is 5.73 Å². The van der Waals surface area contributed by atoms with Gasteiger partial charge in [0, 0.05) is 20.2 Å². The van der Waals surface area contributed by atoms with Crippen LogP contribution in [0.5, 0.6) is 0 Å². The fourth-order valence-corrected chi connectivity index (χ4v) is 2.32. The smallest absolute Gasteiger partial charge is 0.136 e. The average molecular weight is 318 g/mol. The summed E-state index contributed by atoms with van der Waals surface area (Å²) in [6.07, 6.45) is 0. The Labute approximate surface area is 127 Å². The molecule has 0 bridgehead atoms. The lowest BCUT2D eigenvalue weighted by Gasteiger charge is -2.09. The number of nitrogens with zero attached hydrogens (tertiary/aromatic N) is 2. The van der Waals surface area contributed by atoms with Gasteiger partial charge in [-0.3, -0.25) is 0 Å². The third-order valence-electron chi connectivity index (χ3n) is 2.86. The first-order valence-corrected chi connectivity index (χ1v) is 7.04. The SMILES string of the molecule is COCc1nc2cc(Cl)c(Cl)cc2n1CCOCCN. The van der Waals surface area contributed by atoms with Gasteiger partial charge in [0.15, 0.2) is 0 Å². The lowest BCUT2D eigenvalue weighted by molar-refractivity contribution is 0.129. The minimum Gasteiger partial charge on any atom is -0.378 e. The summed E-state index contributed by atoms with van der Waals surface area (Å²) in [6, 6.07) is 3.57. The molecule has 2 aromatic rings. The number of fused-ring (bicyclic) bond motifs is 1. The number of aromatic nitrogens is 2. The van der Waals surface area contributed by atoms with Gasteiger partial charge in [0.25, 0.3) is 0 Å². The van der Waals surface area contributed by atoms with Crippen LogP contribution in [0.1, 0.15) is 5.82 Å². The van der Waals surface area contributed by atoms with Crippen LogP contribution in [0.15, 0.2) is 12.1 Å². The van der Waals surface area contributed by atoms with Crippen LogP contribution in [0, 0.1) is 0 Å². The summed E-state index contributed by atoms with van der Waals surface area (Å²) < 4.78 is 12.6. The van der Waals surface area contributed by atoms with E-state index in [0.717, 1.165) is 16.9 Å². The molecule has 1 aromatic carbocycles. The largest absolute Gasteiger partial charge is 0.378 e. The zero-order chi connectivity index (χ0) is 14.5. The molecule has 0 saturated heterocycles. The third-order valence-corrected chi connectivity index (χ3v) is 3.59. The molecule has 0 unspecified atom stereocenters. The summed E-state index contributed by atoms with van der Waals surface area (Å²) in [4.78, 5) is 4.52. The van der Waals surface area contributed by atoms with E-state index in [1.807, 2.05) is 10.6 Å². The molecule has 0 amide bonds. The first-order chi connectivity index (χ1) is 9.67. The molecule has 7 heteroatoms. The standard InChI is InChI=1S/C13H17Cl2N3O2/c1-19-8-13-17-11-6-9(14)10(15)7-12(11)18(13)3-5-20-4-2-16/h6-7H,2-5,8,16H2,1H3. The van der Waals surface area contributed by atoms with Crippen LogP contribution in [-0.2, 0) is 22.6 Å². The highest BCUT2D eigenvalue weighted by Crippen LogP contribution is 2.28. The van der Waals surface area contributed by atoms with Crippen LogP contribution >= 0.6 is 23.2 Å². The van der Waals surface area contributed by atoms with Gasteiger partial charge in [0.05, 0.1) is 34.3 Å². The monoisotopic (exact) mass is 317 g/mol. The highest BCUT2D eigenvalue weighted by molar-refractivity contribution is 6.42. The van der Waals surface area contributed by atoms with Crippen LogP contribution in [-0.4, -0.2) is 36.4 Å². The van der Waals surface area contributed by atoms with Gasteiger partial charge in [0.2, 0.25) is 0 Å². The number of ether oxygens (including phenoxy) is 2. The molecule has 0 aliphatic heterocycles. The molecule has 20 heavy (non-hydrogen) atoms. The normalized spacial score (nSPS) is 11.4. The van der Waals surface area contributed by atoms with Crippen molar-refractivity contribution in [3.05, 3.63) is 28.0 Å². The Hall–Kier alpha value is -0.850. The molecule has 0 radical (unpaired) electrons. The first-order valence-electron chi connectivity index (χ1n) is 6.28. The second-order valence-electron chi connectivity index (χ2n) is 4.27. The molecular weight excluding hydrogens is 301 g/mol. The molecule has 1 aromatic heterocycles. The van der Waals surface area contributed by atoms with Gasteiger partial charge in [0.1, 0.15) is 12.4 Å². The molecule has 2 rings (SSSR count). The lowest BCUT2D eigenvalue weighted by atomic mass is 10.3. The van der Waals surface area contributed by atoms with Gasteiger partial charge >= 0.3 is 0 Å². The van der Waals surface area contributed by atoms with E-state index in [9.17, 15) is 0 Å². The predicted molar refractivity (Wildman–Crippen MR) is 80.3 cm³/mol. The zero-order valence-corrected chi connectivity index (χ0v) is 12.7. The summed E-state index contributed by atoms with van der Waals surface area (Å²) >= 11 is 12.1. The van der Waals surface area contributed by atoms with E-state index in [0.29, 0.717) is 43.0 Å². The van der Waals surface area contributed by atoms with E-state index in [-0.39, 0.29) is 0 Å². The van der Waals surface area contributed by atoms with E-state index < -0.39 is 0 Å². The van der Waals surface area contributed by atoms with Crippen molar-refractivity contribution in [1.82, 2.24) is 9.55 Å². The topological polar surface area (TPSA) is 62.3 Å². The van der Waals surface area contributed by atoms with Crippen molar-refractivity contribution >= 4 is 34.2 Å². The van der Waals surface area contributed by atoms with Gasteiger partial charge in [-0.05, 0) is 12.1 Å². The Kier molecular flexibility index (Phi) is 5.63. The van der Waals surface area contributed by atoms with Crippen LogP contribution in [0.3, 0.4) is 0 Å². The van der Waals surface area contributed by atoms with Crippen LogP contribution in [0.4, 0.5) is 0 Å². The Morgan fingerprint density at radius 2 is 2.00 bits per heavy atom. The summed E-state index contributed by atoms with van der Waals surface area (Å²) in [6.45, 7) is 2.68. The number of imidazole rings is 1. The lowest BCUT2D eigenvalue weighted by Crippen LogP contribution is -2.14. The molecule has 5 nitrogen and oxygen atoms in total. The molecule has 0 aliphatic carbocycles. The van der Waals surface area contributed by atoms with Crippen molar-refractivity contribution in [3.63, 3.8) is 0 Å². The van der Waals surface area contributed by atoms with Gasteiger partial charge < -0.3 is 19.8 Å². The number of nitrogens with two attached hydrogens (primary N) is 1. The van der Waals surface area contributed by atoms with Crippen molar-refractivity contribution in [1.29, 1.82) is 0 Å². The zero-order valence-electron chi connectivity index (χ0n) is 11.2. The second-order valence-corrected chi connectivity index (χ2v) is 5.08. The summed E-state index contributed by atoms with van der Waals surface area (Å²) in [5.74, 6) is 0.817. The number of hydrogen-bond acceptors (Lipinski definition) is 4. The van der Waals surface area contributed by atoms with Crippen molar-refractivity contribution in [2.75, 3.05) is 26.9 Å². The van der Waals surface area contributed by atoms with E-state index in [1.165, 1.54) is 0 Å². The molecule has 1 heterocycles. The molecule has 2 N–H and O–H groups in total. The summed E-state index contributed by atoms with van der Waals surface area (Å²) in [7, 11) is 1.63. The van der Waals surface area contributed by atoms with Gasteiger partial charge in [-0.15, -0.1) is 0 Å². The second kappa shape index (κ2) is 7.24. The van der Waals surface area contributed by atoms with Gasteiger partial charge in [-0.1, -0.05) is 23.2 Å². The van der Waals surface area contributed by atoms with E-state index >= 15 is 0 Å². The Morgan fingerprint density at radius 3 is 2.70 bits per heavy atom. The van der Waals surface area contributed by atoms with Crippen LogP contribution in [0.25, 0.3) is 11.0 Å². The third kappa shape index (κ3) is 3.42. The fourth-order valence-electron chi connectivity index (χ4n) is 2.00. The maximum Gasteiger partial charge on any atom is 0.136 e. The number of hydrogen-bond donors (Lipinski definition) is 1. The van der Waals surface area contributed by atoms with Gasteiger partial charge in [-0.2, -0.15) is 0 Å². The van der Waals surface area contributed by atoms with E-state index in [4.69, 9.17) is 38.4 Å². The summed E-state index contributed by atoms with van der Waals surface area (Å²) in [5.41, 5.74) is 7.11. The predicted octanol–water partition coefficient (Wildman–Crippen LogP) is 2.46. The highest BCUT2D eigenvalue weighted by Gasteiger charge is 2.12. The van der Waals surface area contributed by atoms with E-state index in [1.54, 1.807) is 13.2 Å². The summed E-state index contributed by atoms with van der Waals surface area (Å²) in [5, 5.41) is 0.999. The maximum atomic E-state index is 6.08. The Balaban J connectivity index is 2.32. The number of halogens is 2. The molecule has 110 valence electrons. The fraction of sp³-hybridized carbons (Fsp3) is 0.462. The van der Waals surface area contributed by atoms with Crippen molar-refractivity contribution in [2.45, 2.75) is 13.2 Å². The molecular formula is C13H17Cl2N3O2. The molecule has 0 atom stereocenters. The van der Waals surface area contributed by atoms with Crippen LogP contribution in [0.2, 0.25) is 10.0 Å². The van der Waals surface area contributed by atoms with Crippen molar-refractivity contribution < 1.29 is 9.47 Å². The van der Waals surface area contributed by atoms with Gasteiger partial charge in [-0.25, -0.2) is 4.98 Å². The Morgan fingerprint density at radius 1 is 1.25 bits per heavy atom. The quantitative estimate of drug-likeness (QED) is 0.797. The molecule has 0 fully saturated rings. The maximum absolute atomic E-state index is 6.08. The average Bonchev–Trinajstić information content (AvgIpc) is 2.73. The first kappa shape index (κ1) is 15.5. The molecule has 0 spiro atoms. The molecule has 0 saturated carbocycles. The number of rotatable bonds is 7. The minimum absolute atomic E-state index is 0.417. The highest BCUT2D eigenvalue weighted by atomic mass is 35.5.